The Morgan fingerprint density at radius 1 is 1.06 bits per heavy atom. The molecule has 0 bridgehead atoms. The van der Waals surface area contributed by atoms with Crippen LogP contribution in [0.25, 0.3) is 16.4 Å². The predicted octanol–water partition coefficient (Wildman–Crippen LogP) is 5.54. The van der Waals surface area contributed by atoms with Gasteiger partial charge in [-0.05, 0) is 49.6 Å². The molecule has 0 aliphatic carbocycles. The van der Waals surface area contributed by atoms with Crippen LogP contribution in [-0.4, -0.2) is 39.6 Å². The van der Waals surface area contributed by atoms with Gasteiger partial charge in [0.15, 0.2) is 11.0 Å². The zero-order valence-corrected chi connectivity index (χ0v) is 19.8. The van der Waals surface area contributed by atoms with Gasteiger partial charge in [0.05, 0.1) is 23.4 Å². The number of methoxy groups -OCH3 is 1. The molecule has 0 atom stereocenters. The maximum Gasteiger partial charge on any atom is 0.237 e. The number of hydrogen-bond donors (Lipinski definition) is 0. The van der Waals surface area contributed by atoms with E-state index in [1.54, 1.807) is 18.4 Å². The van der Waals surface area contributed by atoms with Crippen molar-refractivity contribution >= 4 is 34.7 Å². The number of carbonyl (C=O) groups excluding carboxylic acids is 1. The molecular formula is C24H24N4O2S2. The van der Waals surface area contributed by atoms with Gasteiger partial charge in [0, 0.05) is 11.7 Å². The minimum absolute atomic E-state index is 0.0171. The normalized spacial score (nSPS) is 11.0. The topological polar surface area (TPSA) is 60.2 Å². The number of thiophene rings is 1. The lowest BCUT2D eigenvalue weighted by atomic mass is 10.2. The maximum atomic E-state index is 13.2. The molecule has 8 heteroatoms. The van der Waals surface area contributed by atoms with Gasteiger partial charge in [0.2, 0.25) is 5.91 Å². The number of benzene rings is 2. The van der Waals surface area contributed by atoms with Crippen LogP contribution in [0.4, 0.5) is 5.69 Å². The Bertz CT molecular complexity index is 1170. The number of rotatable bonds is 8. The smallest absolute Gasteiger partial charge is 0.237 e. The van der Waals surface area contributed by atoms with Gasteiger partial charge in [-0.15, -0.1) is 21.5 Å². The molecule has 2 aromatic heterocycles. The van der Waals surface area contributed by atoms with Gasteiger partial charge in [0.25, 0.3) is 0 Å². The molecular weight excluding hydrogens is 440 g/mol. The molecule has 0 radical (unpaired) electrons. The highest BCUT2D eigenvalue weighted by atomic mass is 32.2. The Balaban J connectivity index is 1.66. The van der Waals surface area contributed by atoms with Crippen LogP contribution >= 0.6 is 23.1 Å². The third-order valence-corrected chi connectivity index (χ3v) is 6.62. The fourth-order valence-corrected chi connectivity index (χ4v) is 4.98. The van der Waals surface area contributed by atoms with E-state index in [1.165, 1.54) is 11.8 Å². The summed E-state index contributed by atoms with van der Waals surface area (Å²) in [7, 11) is 1.64. The molecule has 0 fully saturated rings. The molecule has 0 spiro atoms. The number of nitrogens with zero attached hydrogens (tertiary/aromatic N) is 4. The van der Waals surface area contributed by atoms with Crippen LogP contribution in [-0.2, 0) is 4.79 Å². The van der Waals surface area contributed by atoms with E-state index in [1.807, 2.05) is 95.4 Å². The molecule has 0 unspecified atom stereocenters. The Morgan fingerprint density at radius 2 is 1.81 bits per heavy atom. The monoisotopic (exact) mass is 464 g/mol. The molecule has 6 nitrogen and oxygen atoms in total. The minimum atomic E-state index is 0.0171. The van der Waals surface area contributed by atoms with E-state index in [0.717, 1.165) is 22.1 Å². The van der Waals surface area contributed by atoms with Gasteiger partial charge < -0.3 is 9.64 Å². The number of hydrogen-bond acceptors (Lipinski definition) is 6. The SMILES string of the molecule is COc1ccccc1-n1c(SCC(=O)N(c2ccccc2)C(C)C)nnc1-c1cccs1. The summed E-state index contributed by atoms with van der Waals surface area (Å²) in [4.78, 5) is 16.0. The number of thioether (sulfide) groups is 1. The highest BCUT2D eigenvalue weighted by Crippen LogP contribution is 2.34. The molecule has 4 rings (SSSR count). The second-order valence-corrected chi connectivity index (χ2v) is 9.16. The molecule has 0 saturated heterocycles. The van der Waals surface area contributed by atoms with Gasteiger partial charge >= 0.3 is 0 Å². The molecule has 0 aliphatic heterocycles. The van der Waals surface area contributed by atoms with Crippen molar-refractivity contribution < 1.29 is 9.53 Å². The van der Waals surface area contributed by atoms with Gasteiger partial charge in [-0.1, -0.05) is 48.2 Å². The second-order valence-electron chi connectivity index (χ2n) is 7.27. The Hall–Kier alpha value is -3.10. The minimum Gasteiger partial charge on any atom is -0.495 e. The van der Waals surface area contributed by atoms with E-state index in [0.29, 0.717) is 10.9 Å². The number of para-hydroxylation sites is 3. The average Bonchev–Trinajstić information content (AvgIpc) is 3.48. The third kappa shape index (κ3) is 4.56. The maximum absolute atomic E-state index is 13.2. The first-order valence-electron chi connectivity index (χ1n) is 10.2. The van der Waals surface area contributed by atoms with Crippen molar-refractivity contribution in [2.45, 2.75) is 25.0 Å². The lowest BCUT2D eigenvalue weighted by molar-refractivity contribution is -0.116. The average molecular weight is 465 g/mol. The number of anilines is 1. The van der Waals surface area contributed by atoms with Crippen LogP contribution in [0.1, 0.15) is 13.8 Å². The van der Waals surface area contributed by atoms with Crippen LogP contribution in [0.5, 0.6) is 5.75 Å². The second kappa shape index (κ2) is 10.0. The molecule has 164 valence electrons. The van der Waals surface area contributed by atoms with Crippen molar-refractivity contribution in [2.24, 2.45) is 0 Å². The summed E-state index contributed by atoms with van der Waals surface area (Å²) in [5.74, 6) is 1.70. The lowest BCUT2D eigenvalue weighted by Gasteiger charge is -2.26. The highest BCUT2D eigenvalue weighted by molar-refractivity contribution is 7.99. The first kappa shape index (κ1) is 22.1. The molecule has 0 N–H and O–H groups in total. The summed E-state index contributed by atoms with van der Waals surface area (Å²) in [6, 6.07) is 21.5. The predicted molar refractivity (Wildman–Crippen MR) is 131 cm³/mol. The summed E-state index contributed by atoms with van der Waals surface area (Å²) in [5.41, 5.74) is 1.72. The first-order chi connectivity index (χ1) is 15.6. The van der Waals surface area contributed by atoms with Crippen LogP contribution in [0.2, 0.25) is 0 Å². The summed E-state index contributed by atoms with van der Waals surface area (Å²) in [6.45, 7) is 4.03. The number of amides is 1. The van der Waals surface area contributed by atoms with Gasteiger partial charge in [-0.25, -0.2) is 0 Å². The quantitative estimate of drug-likeness (QED) is 0.321. The fraction of sp³-hybridized carbons (Fsp3) is 0.208. The number of aromatic nitrogens is 3. The first-order valence-corrected chi connectivity index (χ1v) is 12.1. The van der Waals surface area contributed by atoms with Crippen molar-refractivity contribution in [3.63, 3.8) is 0 Å². The van der Waals surface area contributed by atoms with E-state index in [2.05, 4.69) is 10.2 Å². The van der Waals surface area contributed by atoms with Crippen LogP contribution in [0, 0.1) is 0 Å². The summed E-state index contributed by atoms with van der Waals surface area (Å²) in [5, 5.41) is 11.5. The third-order valence-electron chi connectivity index (χ3n) is 4.85. The summed E-state index contributed by atoms with van der Waals surface area (Å²) in [6.07, 6.45) is 0. The van der Waals surface area contributed by atoms with Crippen molar-refractivity contribution in [2.75, 3.05) is 17.8 Å². The van der Waals surface area contributed by atoms with Gasteiger partial charge in [-0.2, -0.15) is 0 Å². The molecule has 32 heavy (non-hydrogen) atoms. The van der Waals surface area contributed by atoms with Crippen molar-refractivity contribution in [1.82, 2.24) is 14.8 Å². The van der Waals surface area contributed by atoms with Gasteiger partial charge in [0.1, 0.15) is 5.75 Å². The van der Waals surface area contributed by atoms with E-state index in [9.17, 15) is 4.79 Å². The van der Waals surface area contributed by atoms with Crippen LogP contribution in [0.15, 0.2) is 77.3 Å². The molecule has 2 heterocycles. The standard InChI is InChI=1S/C24H24N4O2S2/c1-17(2)27(18-10-5-4-6-11-18)22(29)16-32-24-26-25-23(21-14-9-15-31-21)28(24)19-12-7-8-13-20(19)30-3/h4-15,17H,16H2,1-3H3. The van der Waals surface area contributed by atoms with Crippen LogP contribution < -0.4 is 9.64 Å². The molecule has 4 aromatic rings. The van der Waals surface area contributed by atoms with E-state index < -0.39 is 0 Å². The Kier molecular flexibility index (Phi) is 6.92. The molecule has 0 aliphatic rings. The van der Waals surface area contributed by atoms with Crippen LogP contribution in [0.3, 0.4) is 0 Å². The molecule has 2 aromatic carbocycles. The van der Waals surface area contributed by atoms with E-state index >= 15 is 0 Å². The largest absolute Gasteiger partial charge is 0.495 e. The van der Waals surface area contributed by atoms with Gasteiger partial charge in [-0.3, -0.25) is 9.36 Å². The highest BCUT2D eigenvalue weighted by Gasteiger charge is 2.23. The van der Waals surface area contributed by atoms with E-state index in [-0.39, 0.29) is 17.7 Å². The van der Waals surface area contributed by atoms with Crippen molar-refractivity contribution in [3.05, 3.63) is 72.1 Å². The number of ether oxygens (including phenoxy) is 1. The van der Waals surface area contributed by atoms with E-state index in [4.69, 9.17) is 4.74 Å². The zero-order chi connectivity index (χ0) is 22.5. The Morgan fingerprint density at radius 3 is 2.50 bits per heavy atom. The summed E-state index contributed by atoms with van der Waals surface area (Å²) >= 11 is 2.97. The fourth-order valence-electron chi connectivity index (χ4n) is 3.48. The number of carbonyl (C=O) groups is 1. The van der Waals surface area contributed by atoms with Crippen molar-refractivity contribution in [1.29, 1.82) is 0 Å². The molecule has 1 amide bonds. The zero-order valence-electron chi connectivity index (χ0n) is 18.1. The lowest BCUT2D eigenvalue weighted by Crippen LogP contribution is -2.38. The summed E-state index contributed by atoms with van der Waals surface area (Å²) < 4.78 is 7.56. The van der Waals surface area contributed by atoms with Crippen molar-refractivity contribution in [3.8, 4) is 22.1 Å². The molecule has 0 saturated carbocycles. The Labute approximate surface area is 195 Å².